The maximum Gasteiger partial charge on any atom is 0.345 e. The van der Waals surface area contributed by atoms with Crippen molar-refractivity contribution >= 4 is 44.8 Å². The van der Waals surface area contributed by atoms with Gasteiger partial charge in [0.2, 0.25) is 5.91 Å². The number of carboxylic acid groups (broad SMARTS) is 1. The Balaban J connectivity index is 1.31. The van der Waals surface area contributed by atoms with Crippen molar-refractivity contribution in [1.29, 1.82) is 0 Å². The smallest absolute Gasteiger partial charge is 0.345 e. The largest absolute Gasteiger partial charge is 0.489 e. The molecule has 1 amide bonds. The molecule has 0 atom stereocenters. The molecule has 1 aliphatic heterocycles. The Kier molecular flexibility index (Phi) is 7.92. The summed E-state index contributed by atoms with van der Waals surface area (Å²) in [4.78, 5) is 28.0. The van der Waals surface area contributed by atoms with Gasteiger partial charge in [-0.05, 0) is 59.7 Å². The zero-order valence-electron chi connectivity index (χ0n) is 24.4. The Morgan fingerprint density at radius 3 is 2.37 bits per heavy atom. The number of amides is 1. The first-order valence-electron chi connectivity index (χ1n) is 14.2. The lowest BCUT2D eigenvalue weighted by Gasteiger charge is -2.31. The van der Waals surface area contributed by atoms with E-state index < -0.39 is 5.97 Å². The van der Waals surface area contributed by atoms with Gasteiger partial charge in [-0.1, -0.05) is 30.3 Å². The fraction of sp³-hybridized carbons (Fsp3) is 0.235. The molecule has 1 saturated heterocycles. The number of fused-ring (bicyclic) bond motifs is 1. The van der Waals surface area contributed by atoms with Crippen molar-refractivity contribution in [1.82, 2.24) is 4.57 Å². The first-order valence-corrected chi connectivity index (χ1v) is 15.0. The summed E-state index contributed by atoms with van der Waals surface area (Å²) in [5.74, 6) is -0.220. The minimum atomic E-state index is -0.918. The molecule has 9 heteroatoms. The number of anilines is 2. The van der Waals surface area contributed by atoms with E-state index in [2.05, 4.69) is 27.7 Å². The number of thiophene rings is 1. The van der Waals surface area contributed by atoms with Gasteiger partial charge in [0.15, 0.2) is 0 Å². The maximum atomic E-state index is 12.0. The fourth-order valence-electron chi connectivity index (χ4n) is 5.58. The average molecular weight is 596 g/mol. The van der Waals surface area contributed by atoms with E-state index >= 15 is 0 Å². The Morgan fingerprint density at radius 1 is 0.977 bits per heavy atom. The molecule has 220 valence electrons. The van der Waals surface area contributed by atoms with E-state index in [1.807, 2.05) is 61.6 Å². The van der Waals surface area contributed by atoms with Crippen LogP contribution < -0.4 is 14.5 Å². The minimum absolute atomic E-state index is 0.0313. The number of nitrogens with zero attached hydrogens (tertiary/aromatic N) is 3. The van der Waals surface area contributed by atoms with Gasteiger partial charge in [0.1, 0.15) is 17.2 Å². The quantitative estimate of drug-likeness (QED) is 0.216. The molecule has 0 spiro atoms. The SMILES string of the molecule is CC(=O)N(C)c1ccc(N2CCOCC2)c(COc2ccc(-c3c(-c4ccccc4)c4sc(C(=O)O)cc4n3C)cc2)c1. The number of hydrogen-bond donors (Lipinski definition) is 1. The zero-order valence-corrected chi connectivity index (χ0v) is 25.2. The first-order chi connectivity index (χ1) is 20.8. The number of carbonyl (C=O) groups excluding carboxylic acids is 1. The van der Waals surface area contributed by atoms with Crippen LogP contribution in [0.25, 0.3) is 32.6 Å². The molecule has 0 aliphatic carbocycles. The predicted octanol–water partition coefficient (Wildman–Crippen LogP) is 6.67. The van der Waals surface area contributed by atoms with E-state index in [-0.39, 0.29) is 5.91 Å². The summed E-state index contributed by atoms with van der Waals surface area (Å²) in [6.45, 7) is 4.86. The number of benzene rings is 3. The van der Waals surface area contributed by atoms with Crippen LogP contribution in [0.3, 0.4) is 0 Å². The average Bonchev–Trinajstić information content (AvgIpc) is 3.59. The number of ether oxygens (including phenoxy) is 2. The first kappa shape index (κ1) is 28.5. The number of aromatic nitrogens is 1. The van der Waals surface area contributed by atoms with E-state index in [1.54, 1.807) is 24.9 Å². The summed E-state index contributed by atoms with van der Waals surface area (Å²) in [5, 5.41) is 9.63. The van der Waals surface area contributed by atoms with Gasteiger partial charge in [-0.15, -0.1) is 11.3 Å². The van der Waals surface area contributed by atoms with Crippen LogP contribution in [0.4, 0.5) is 11.4 Å². The second kappa shape index (κ2) is 11.9. The molecule has 1 aliphatic rings. The van der Waals surface area contributed by atoms with Gasteiger partial charge in [0.25, 0.3) is 0 Å². The molecular weight excluding hydrogens is 562 g/mol. The molecule has 1 fully saturated rings. The number of carbonyl (C=O) groups is 2. The lowest BCUT2D eigenvalue weighted by molar-refractivity contribution is -0.116. The molecule has 8 nitrogen and oxygen atoms in total. The van der Waals surface area contributed by atoms with Gasteiger partial charge >= 0.3 is 5.97 Å². The number of hydrogen-bond acceptors (Lipinski definition) is 6. The van der Waals surface area contributed by atoms with Crippen molar-refractivity contribution < 1.29 is 24.2 Å². The molecule has 5 aromatic rings. The highest BCUT2D eigenvalue weighted by Crippen LogP contribution is 2.44. The second-order valence-corrected chi connectivity index (χ2v) is 11.6. The third-order valence-corrected chi connectivity index (χ3v) is 9.07. The summed E-state index contributed by atoms with van der Waals surface area (Å²) >= 11 is 1.30. The molecule has 2 aromatic heterocycles. The molecular formula is C34H33N3O5S. The monoisotopic (exact) mass is 595 g/mol. The van der Waals surface area contributed by atoms with Crippen molar-refractivity contribution in [2.24, 2.45) is 7.05 Å². The number of aromatic carboxylic acids is 1. The van der Waals surface area contributed by atoms with Crippen LogP contribution in [0.2, 0.25) is 0 Å². The summed E-state index contributed by atoms with van der Waals surface area (Å²) in [5.41, 5.74) is 7.87. The molecule has 3 heterocycles. The molecule has 0 radical (unpaired) electrons. The summed E-state index contributed by atoms with van der Waals surface area (Å²) in [6, 6.07) is 25.9. The Bertz CT molecular complexity index is 1790. The van der Waals surface area contributed by atoms with E-state index in [4.69, 9.17) is 9.47 Å². The van der Waals surface area contributed by atoms with Crippen LogP contribution in [-0.2, 0) is 23.2 Å². The molecule has 43 heavy (non-hydrogen) atoms. The molecule has 1 N–H and O–H groups in total. The van der Waals surface area contributed by atoms with Gasteiger partial charge in [-0.2, -0.15) is 0 Å². The van der Waals surface area contributed by atoms with E-state index in [9.17, 15) is 14.7 Å². The lowest BCUT2D eigenvalue weighted by atomic mass is 10.0. The number of carboxylic acids is 1. The van der Waals surface area contributed by atoms with Gasteiger partial charge in [0.05, 0.1) is 29.1 Å². The highest BCUT2D eigenvalue weighted by molar-refractivity contribution is 7.21. The van der Waals surface area contributed by atoms with Gasteiger partial charge in [0, 0.05) is 56.6 Å². The Hall–Kier alpha value is -4.60. The number of morpholine rings is 1. The summed E-state index contributed by atoms with van der Waals surface area (Å²) < 4.78 is 14.9. The summed E-state index contributed by atoms with van der Waals surface area (Å²) in [7, 11) is 3.75. The molecule has 6 rings (SSSR count). The topological polar surface area (TPSA) is 84.2 Å². The maximum absolute atomic E-state index is 12.0. The van der Waals surface area contributed by atoms with Crippen LogP contribution in [-0.4, -0.2) is 54.9 Å². The summed E-state index contributed by atoms with van der Waals surface area (Å²) in [6.07, 6.45) is 0. The zero-order chi connectivity index (χ0) is 30.1. The van der Waals surface area contributed by atoms with E-state index in [0.717, 1.165) is 68.4 Å². The highest BCUT2D eigenvalue weighted by Gasteiger charge is 2.23. The van der Waals surface area contributed by atoms with Crippen molar-refractivity contribution in [3.8, 4) is 28.1 Å². The molecule has 0 unspecified atom stereocenters. The van der Waals surface area contributed by atoms with Gasteiger partial charge in [-0.25, -0.2) is 4.79 Å². The van der Waals surface area contributed by atoms with Gasteiger partial charge in [-0.3, -0.25) is 4.79 Å². The van der Waals surface area contributed by atoms with Gasteiger partial charge < -0.3 is 28.9 Å². The Labute approximate surface area is 254 Å². The lowest BCUT2D eigenvalue weighted by Crippen LogP contribution is -2.37. The minimum Gasteiger partial charge on any atom is -0.489 e. The fourth-order valence-corrected chi connectivity index (χ4v) is 6.68. The van der Waals surface area contributed by atoms with E-state index in [0.29, 0.717) is 24.7 Å². The van der Waals surface area contributed by atoms with Crippen LogP contribution in [0.15, 0.2) is 78.9 Å². The normalized spacial score (nSPS) is 13.3. The predicted molar refractivity (Wildman–Crippen MR) is 172 cm³/mol. The molecule has 3 aromatic carbocycles. The third kappa shape index (κ3) is 5.61. The van der Waals surface area contributed by atoms with Crippen molar-refractivity contribution in [3.63, 3.8) is 0 Å². The van der Waals surface area contributed by atoms with Crippen LogP contribution >= 0.6 is 11.3 Å². The number of rotatable bonds is 8. The van der Waals surface area contributed by atoms with Crippen molar-refractivity contribution in [2.75, 3.05) is 43.2 Å². The van der Waals surface area contributed by atoms with E-state index in [1.165, 1.54) is 11.3 Å². The molecule has 0 saturated carbocycles. The van der Waals surface area contributed by atoms with Crippen molar-refractivity contribution in [3.05, 3.63) is 89.3 Å². The second-order valence-electron chi connectivity index (χ2n) is 10.6. The van der Waals surface area contributed by atoms with Crippen molar-refractivity contribution in [2.45, 2.75) is 13.5 Å². The third-order valence-electron chi connectivity index (χ3n) is 7.94. The number of aryl methyl sites for hydroxylation is 1. The standard InChI is InChI=1S/C34H33N3O5S/c1-22(38)35(2)26-11-14-28(37-15-17-41-18-16-37)25(19-26)21-42-27-12-9-24(10-13-27)32-31(23-7-5-4-6-8-23)33-29(36(32)3)20-30(43-33)34(39)40/h4-14,19-20H,15-18,21H2,1-3H3,(H,39,40). The highest BCUT2D eigenvalue weighted by atomic mass is 32.1. The Morgan fingerprint density at radius 2 is 1.70 bits per heavy atom. The van der Waals surface area contributed by atoms with Crippen LogP contribution in [0, 0.1) is 0 Å². The molecule has 0 bridgehead atoms. The van der Waals surface area contributed by atoms with Crippen LogP contribution in [0.5, 0.6) is 5.75 Å². The van der Waals surface area contributed by atoms with Crippen LogP contribution in [0.1, 0.15) is 22.2 Å².